The first-order chi connectivity index (χ1) is 16.6. The van der Waals surface area contributed by atoms with E-state index in [1.54, 1.807) is 36.5 Å². The fraction of sp³-hybridized carbons (Fsp3) is 0.227. The number of piperidine rings is 1. The van der Waals surface area contributed by atoms with Gasteiger partial charge in [-0.3, -0.25) is 19.4 Å². The number of carbonyl (C=O) groups is 3. The zero-order valence-corrected chi connectivity index (χ0v) is 18.6. The van der Waals surface area contributed by atoms with E-state index in [0.717, 1.165) is 0 Å². The molecule has 4 aromatic rings. The molecule has 1 aromatic carbocycles. The van der Waals surface area contributed by atoms with Crippen molar-refractivity contribution in [3.63, 3.8) is 0 Å². The Hall–Kier alpha value is -4.19. The number of aromatic nitrogens is 4. The van der Waals surface area contributed by atoms with Gasteiger partial charge in [-0.2, -0.15) is 0 Å². The molecule has 0 atom stereocenters. The van der Waals surface area contributed by atoms with Crippen molar-refractivity contribution in [2.24, 2.45) is 5.92 Å². The summed E-state index contributed by atoms with van der Waals surface area (Å²) < 4.78 is 5.76. The minimum absolute atomic E-state index is 0.154. The lowest BCUT2D eigenvalue weighted by Crippen LogP contribution is -2.45. The number of carbonyl (C=O) groups excluding carboxylic acids is 3. The second-order valence-electron chi connectivity index (χ2n) is 7.67. The summed E-state index contributed by atoms with van der Waals surface area (Å²) in [5.74, 6) is -1.43. The zero-order valence-electron chi connectivity index (χ0n) is 17.8. The summed E-state index contributed by atoms with van der Waals surface area (Å²) in [6.45, 7) is 0.629. The summed E-state index contributed by atoms with van der Waals surface area (Å²) in [5.41, 5.74) is 3.63. The minimum atomic E-state index is -0.749. The second kappa shape index (κ2) is 9.35. The van der Waals surface area contributed by atoms with Crippen LogP contribution in [0.15, 0.2) is 52.5 Å². The molecule has 172 valence electrons. The minimum Gasteiger partial charge on any atom is -0.435 e. The molecule has 4 heterocycles. The molecule has 0 aliphatic carbocycles. The number of rotatable bonds is 4. The van der Waals surface area contributed by atoms with Gasteiger partial charge in [0.2, 0.25) is 16.9 Å². The molecule has 0 radical (unpaired) electrons. The summed E-state index contributed by atoms with van der Waals surface area (Å²) in [4.78, 5) is 47.6. The molecule has 3 aromatic heterocycles. The summed E-state index contributed by atoms with van der Waals surface area (Å²) in [7, 11) is 0. The van der Waals surface area contributed by atoms with Crippen molar-refractivity contribution in [3.8, 4) is 11.6 Å². The van der Waals surface area contributed by atoms with Gasteiger partial charge in [0.05, 0.1) is 0 Å². The normalized spacial score (nSPS) is 14.2. The van der Waals surface area contributed by atoms with E-state index in [1.807, 2.05) is 6.07 Å². The van der Waals surface area contributed by atoms with Crippen molar-refractivity contribution in [3.05, 3.63) is 48.1 Å². The van der Waals surface area contributed by atoms with Gasteiger partial charge in [-0.1, -0.05) is 17.4 Å². The SMILES string of the molecule is O=C(Nc1ccc2nc(-c3ccccn3)oc2c1)C(=O)N1CCC(C(=O)Nc2nncs2)CC1. The second-order valence-corrected chi connectivity index (χ2v) is 8.50. The fourth-order valence-corrected chi connectivity index (χ4v) is 4.16. The van der Waals surface area contributed by atoms with E-state index >= 15 is 0 Å². The highest BCUT2D eigenvalue weighted by atomic mass is 32.1. The van der Waals surface area contributed by atoms with Crippen molar-refractivity contribution >= 4 is 51.0 Å². The average Bonchev–Trinajstić information content (AvgIpc) is 3.54. The number of hydrogen-bond acceptors (Lipinski definition) is 9. The van der Waals surface area contributed by atoms with Gasteiger partial charge >= 0.3 is 11.8 Å². The van der Waals surface area contributed by atoms with Crippen LogP contribution in [0.3, 0.4) is 0 Å². The van der Waals surface area contributed by atoms with Gasteiger partial charge in [-0.15, -0.1) is 10.2 Å². The molecule has 2 N–H and O–H groups in total. The molecule has 1 saturated heterocycles. The number of likely N-dealkylation sites (tertiary alicyclic amines) is 1. The fourth-order valence-electron chi connectivity index (χ4n) is 3.71. The Kier molecular flexibility index (Phi) is 5.95. The van der Waals surface area contributed by atoms with Crippen LogP contribution in [-0.4, -0.2) is 55.9 Å². The third-order valence-corrected chi connectivity index (χ3v) is 6.07. The van der Waals surface area contributed by atoms with Crippen molar-refractivity contribution in [2.75, 3.05) is 23.7 Å². The average molecular weight is 478 g/mol. The Morgan fingerprint density at radius 2 is 1.94 bits per heavy atom. The topological polar surface area (TPSA) is 143 Å². The van der Waals surface area contributed by atoms with Crippen molar-refractivity contribution in [1.29, 1.82) is 0 Å². The Labute approximate surface area is 197 Å². The highest BCUT2D eigenvalue weighted by molar-refractivity contribution is 7.13. The van der Waals surface area contributed by atoms with Crippen LogP contribution in [0, 0.1) is 5.92 Å². The molecule has 0 spiro atoms. The number of benzene rings is 1. The molecule has 0 unspecified atom stereocenters. The number of nitrogens with one attached hydrogen (secondary N) is 2. The number of amides is 3. The van der Waals surface area contributed by atoms with Gasteiger partial charge in [0.15, 0.2) is 5.58 Å². The van der Waals surface area contributed by atoms with E-state index in [0.29, 0.717) is 59.4 Å². The summed E-state index contributed by atoms with van der Waals surface area (Å²) in [6.07, 6.45) is 2.57. The van der Waals surface area contributed by atoms with E-state index in [4.69, 9.17) is 4.42 Å². The van der Waals surface area contributed by atoms with E-state index in [1.165, 1.54) is 21.7 Å². The van der Waals surface area contributed by atoms with Crippen LogP contribution in [0.4, 0.5) is 10.8 Å². The Morgan fingerprint density at radius 1 is 1.09 bits per heavy atom. The summed E-state index contributed by atoms with van der Waals surface area (Å²) in [5, 5.41) is 13.3. The van der Waals surface area contributed by atoms with Crippen molar-refractivity contribution in [2.45, 2.75) is 12.8 Å². The molecule has 1 aliphatic rings. The third kappa shape index (κ3) is 4.62. The molecule has 1 fully saturated rings. The first-order valence-corrected chi connectivity index (χ1v) is 11.4. The predicted octanol–water partition coefficient (Wildman–Crippen LogP) is 2.56. The molecule has 12 heteroatoms. The van der Waals surface area contributed by atoms with Crippen LogP contribution < -0.4 is 10.6 Å². The number of hydrogen-bond donors (Lipinski definition) is 2. The van der Waals surface area contributed by atoms with Crippen LogP contribution >= 0.6 is 11.3 Å². The number of fused-ring (bicyclic) bond motifs is 1. The quantitative estimate of drug-likeness (QED) is 0.427. The zero-order chi connectivity index (χ0) is 23.5. The molecular weight excluding hydrogens is 458 g/mol. The van der Waals surface area contributed by atoms with Crippen LogP contribution in [-0.2, 0) is 14.4 Å². The molecule has 11 nitrogen and oxygen atoms in total. The van der Waals surface area contributed by atoms with Gasteiger partial charge in [-0.25, -0.2) is 4.98 Å². The Morgan fingerprint density at radius 3 is 2.68 bits per heavy atom. The smallest absolute Gasteiger partial charge is 0.313 e. The molecule has 34 heavy (non-hydrogen) atoms. The predicted molar refractivity (Wildman–Crippen MR) is 124 cm³/mol. The van der Waals surface area contributed by atoms with Crippen molar-refractivity contribution < 1.29 is 18.8 Å². The van der Waals surface area contributed by atoms with Gasteiger partial charge in [0.25, 0.3) is 0 Å². The Bertz CT molecular complexity index is 1330. The first-order valence-electron chi connectivity index (χ1n) is 10.6. The Balaban J connectivity index is 1.18. The maximum atomic E-state index is 12.6. The molecule has 5 rings (SSSR count). The van der Waals surface area contributed by atoms with Crippen LogP contribution in [0.2, 0.25) is 0 Å². The standard InChI is InChI=1S/C22H19N7O4S/c30-18(27-22-28-24-12-34-22)13-6-9-29(10-7-13)21(32)19(31)25-14-4-5-15-17(11-14)33-20(26-15)16-3-1-2-8-23-16/h1-5,8,11-13H,6-7,9-10H2,(H,25,31)(H,27,28,30). The lowest BCUT2D eigenvalue weighted by atomic mass is 9.96. The molecular formula is C22H19N7O4S. The molecule has 1 aliphatic heterocycles. The van der Waals surface area contributed by atoms with E-state index < -0.39 is 11.8 Å². The van der Waals surface area contributed by atoms with E-state index in [-0.39, 0.29) is 11.8 Å². The summed E-state index contributed by atoms with van der Waals surface area (Å²) >= 11 is 1.24. The molecule has 0 saturated carbocycles. The maximum absolute atomic E-state index is 12.6. The van der Waals surface area contributed by atoms with E-state index in [2.05, 4.69) is 30.8 Å². The van der Waals surface area contributed by atoms with Crippen LogP contribution in [0.25, 0.3) is 22.7 Å². The summed E-state index contributed by atoms with van der Waals surface area (Å²) in [6, 6.07) is 10.4. The van der Waals surface area contributed by atoms with Gasteiger partial charge in [0, 0.05) is 37.0 Å². The van der Waals surface area contributed by atoms with Gasteiger partial charge in [-0.05, 0) is 37.1 Å². The lowest BCUT2D eigenvalue weighted by molar-refractivity contribution is -0.144. The lowest BCUT2D eigenvalue weighted by Gasteiger charge is -2.30. The van der Waals surface area contributed by atoms with Crippen molar-refractivity contribution in [1.82, 2.24) is 25.1 Å². The van der Waals surface area contributed by atoms with E-state index in [9.17, 15) is 14.4 Å². The highest BCUT2D eigenvalue weighted by Gasteiger charge is 2.30. The van der Waals surface area contributed by atoms with Gasteiger partial charge < -0.3 is 20.0 Å². The monoisotopic (exact) mass is 477 g/mol. The molecule has 0 bridgehead atoms. The van der Waals surface area contributed by atoms with Crippen LogP contribution in [0.5, 0.6) is 0 Å². The van der Waals surface area contributed by atoms with Gasteiger partial charge in [0.1, 0.15) is 16.7 Å². The number of pyridine rings is 1. The van der Waals surface area contributed by atoms with Crippen LogP contribution in [0.1, 0.15) is 12.8 Å². The largest absolute Gasteiger partial charge is 0.435 e. The highest BCUT2D eigenvalue weighted by Crippen LogP contribution is 2.25. The first kappa shape index (κ1) is 21.6. The maximum Gasteiger partial charge on any atom is 0.313 e. The number of nitrogens with zero attached hydrogens (tertiary/aromatic N) is 5. The third-order valence-electron chi connectivity index (χ3n) is 5.47. The molecule has 3 amide bonds. The number of oxazole rings is 1. The number of anilines is 2.